The van der Waals surface area contributed by atoms with Gasteiger partial charge in [-0.2, -0.15) is 0 Å². The Labute approximate surface area is 113 Å². The third kappa shape index (κ3) is 2.59. The van der Waals surface area contributed by atoms with E-state index in [1.807, 2.05) is 19.2 Å². The highest BCUT2D eigenvalue weighted by atomic mass is 16.7. The van der Waals surface area contributed by atoms with E-state index in [9.17, 15) is 4.79 Å². The Balaban J connectivity index is 1.66. The third-order valence-electron chi connectivity index (χ3n) is 4.04. The van der Waals surface area contributed by atoms with Crippen LogP contribution in [0.3, 0.4) is 0 Å². The zero-order valence-corrected chi connectivity index (χ0v) is 11.2. The lowest BCUT2D eigenvalue weighted by Crippen LogP contribution is -2.34. The Morgan fingerprint density at radius 1 is 1.26 bits per heavy atom. The van der Waals surface area contributed by atoms with Gasteiger partial charge in [0.05, 0.1) is 6.54 Å². The van der Waals surface area contributed by atoms with E-state index in [0.717, 1.165) is 5.75 Å². The van der Waals surface area contributed by atoms with Crippen molar-refractivity contribution in [3.63, 3.8) is 0 Å². The molecule has 4 heteroatoms. The predicted octanol–water partition coefficient (Wildman–Crippen LogP) is 2.47. The molecule has 4 nitrogen and oxygen atoms in total. The SMILES string of the molecule is CN(CC(=O)c1ccc2c(c1)OCO2)C1CCCC1. The van der Waals surface area contributed by atoms with Gasteiger partial charge in [0.1, 0.15) is 0 Å². The minimum Gasteiger partial charge on any atom is -0.454 e. The molecule has 0 saturated heterocycles. The second kappa shape index (κ2) is 5.21. The summed E-state index contributed by atoms with van der Waals surface area (Å²) in [6.45, 7) is 0.721. The zero-order chi connectivity index (χ0) is 13.2. The molecule has 1 aliphatic heterocycles. The quantitative estimate of drug-likeness (QED) is 0.780. The second-order valence-electron chi connectivity index (χ2n) is 5.34. The summed E-state index contributed by atoms with van der Waals surface area (Å²) in [5, 5.41) is 0. The summed E-state index contributed by atoms with van der Waals surface area (Å²) in [7, 11) is 2.04. The highest BCUT2D eigenvalue weighted by Crippen LogP contribution is 2.32. The van der Waals surface area contributed by atoms with Crippen LogP contribution in [0.4, 0.5) is 0 Å². The van der Waals surface area contributed by atoms with E-state index in [1.165, 1.54) is 25.7 Å². The van der Waals surface area contributed by atoms with Gasteiger partial charge in [-0.3, -0.25) is 9.69 Å². The molecule has 1 heterocycles. The molecule has 0 bridgehead atoms. The number of nitrogens with zero attached hydrogens (tertiary/aromatic N) is 1. The molecule has 0 atom stereocenters. The average molecular weight is 261 g/mol. The van der Waals surface area contributed by atoms with Crippen LogP contribution in [0.25, 0.3) is 0 Å². The number of hydrogen-bond acceptors (Lipinski definition) is 4. The van der Waals surface area contributed by atoms with Crippen molar-refractivity contribution >= 4 is 5.78 Å². The molecule has 1 aromatic rings. The largest absolute Gasteiger partial charge is 0.454 e. The Hall–Kier alpha value is -1.55. The van der Waals surface area contributed by atoms with Crippen LogP contribution in [0.5, 0.6) is 11.5 Å². The summed E-state index contributed by atoms with van der Waals surface area (Å²) in [4.78, 5) is 14.5. The average Bonchev–Trinajstić information content (AvgIpc) is 3.09. The maximum atomic E-state index is 12.3. The number of hydrogen-bond donors (Lipinski definition) is 0. The molecule has 1 aliphatic carbocycles. The standard InChI is InChI=1S/C15H19NO3/c1-16(12-4-2-3-5-12)9-13(17)11-6-7-14-15(8-11)19-10-18-14/h6-8,12H,2-5,9-10H2,1H3. The van der Waals surface area contributed by atoms with Gasteiger partial charge in [0.15, 0.2) is 17.3 Å². The maximum Gasteiger partial charge on any atom is 0.231 e. The van der Waals surface area contributed by atoms with E-state index >= 15 is 0 Å². The Morgan fingerprint density at radius 3 is 2.79 bits per heavy atom. The van der Waals surface area contributed by atoms with Crippen molar-refractivity contribution in [2.24, 2.45) is 0 Å². The number of ketones is 1. The molecule has 0 spiro atoms. The fourth-order valence-corrected chi connectivity index (χ4v) is 2.86. The first-order valence-corrected chi connectivity index (χ1v) is 6.87. The van der Waals surface area contributed by atoms with Crippen LogP contribution in [0.15, 0.2) is 18.2 Å². The number of carbonyl (C=O) groups excluding carboxylic acids is 1. The lowest BCUT2D eigenvalue weighted by molar-refractivity contribution is 0.0920. The fraction of sp³-hybridized carbons (Fsp3) is 0.533. The molecule has 0 N–H and O–H groups in total. The number of carbonyl (C=O) groups is 1. The van der Waals surface area contributed by atoms with Crippen LogP contribution in [0.1, 0.15) is 36.0 Å². The fourth-order valence-electron chi connectivity index (χ4n) is 2.86. The summed E-state index contributed by atoms with van der Waals surface area (Å²) in [5.74, 6) is 1.54. The van der Waals surface area contributed by atoms with Crippen LogP contribution < -0.4 is 9.47 Å². The topological polar surface area (TPSA) is 38.8 Å². The van der Waals surface area contributed by atoms with E-state index in [1.54, 1.807) is 6.07 Å². The molecule has 19 heavy (non-hydrogen) atoms. The van der Waals surface area contributed by atoms with Gasteiger partial charge in [-0.05, 0) is 38.1 Å². The van der Waals surface area contributed by atoms with Gasteiger partial charge in [0.25, 0.3) is 0 Å². The molecule has 102 valence electrons. The Kier molecular flexibility index (Phi) is 3.42. The maximum absolute atomic E-state index is 12.3. The molecule has 0 amide bonds. The van der Waals surface area contributed by atoms with Gasteiger partial charge >= 0.3 is 0 Å². The second-order valence-corrected chi connectivity index (χ2v) is 5.34. The number of likely N-dealkylation sites (N-methyl/N-ethyl adjacent to an activating group) is 1. The third-order valence-corrected chi connectivity index (χ3v) is 4.04. The summed E-state index contributed by atoms with van der Waals surface area (Å²) in [6.07, 6.45) is 5.00. The molecule has 0 unspecified atom stereocenters. The predicted molar refractivity (Wildman–Crippen MR) is 71.8 cm³/mol. The molecular formula is C15H19NO3. The first-order chi connectivity index (χ1) is 9.24. The normalized spacial score (nSPS) is 18.2. The highest BCUT2D eigenvalue weighted by molar-refractivity contribution is 5.98. The minimum absolute atomic E-state index is 0.146. The van der Waals surface area contributed by atoms with E-state index in [2.05, 4.69) is 4.90 Å². The lowest BCUT2D eigenvalue weighted by Gasteiger charge is -2.23. The van der Waals surface area contributed by atoms with Crippen LogP contribution in [-0.2, 0) is 0 Å². The van der Waals surface area contributed by atoms with Crippen molar-refractivity contribution < 1.29 is 14.3 Å². The first kappa shape index (κ1) is 12.5. The van der Waals surface area contributed by atoms with Crippen molar-refractivity contribution in [2.75, 3.05) is 20.4 Å². The molecule has 1 saturated carbocycles. The van der Waals surface area contributed by atoms with Crippen molar-refractivity contribution in [1.29, 1.82) is 0 Å². The van der Waals surface area contributed by atoms with Gasteiger partial charge in [-0.1, -0.05) is 12.8 Å². The molecular weight excluding hydrogens is 242 g/mol. The Bertz CT molecular complexity index is 480. The number of rotatable bonds is 4. The monoisotopic (exact) mass is 261 g/mol. The molecule has 0 radical (unpaired) electrons. The summed E-state index contributed by atoms with van der Waals surface area (Å²) in [5.41, 5.74) is 0.703. The van der Waals surface area contributed by atoms with E-state index in [0.29, 0.717) is 23.9 Å². The number of fused-ring (bicyclic) bond motifs is 1. The number of ether oxygens (including phenoxy) is 2. The van der Waals surface area contributed by atoms with Crippen LogP contribution >= 0.6 is 0 Å². The first-order valence-electron chi connectivity index (χ1n) is 6.87. The lowest BCUT2D eigenvalue weighted by atomic mass is 10.1. The van der Waals surface area contributed by atoms with Gasteiger partial charge in [0.2, 0.25) is 6.79 Å². The molecule has 3 rings (SSSR count). The van der Waals surface area contributed by atoms with Crippen molar-refractivity contribution in [3.05, 3.63) is 23.8 Å². The Morgan fingerprint density at radius 2 is 2.00 bits per heavy atom. The minimum atomic E-state index is 0.146. The molecule has 1 aromatic carbocycles. The van der Waals surface area contributed by atoms with Crippen LogP contribution in [0, 0.1) is 0 Å². The highest BCUT2D eigenvalue weighted by Gasteiger charge is 2.22. The van der Waals surface area contributed by atoms with Crippen LogP contribution in [-0.4, -0.2) is 37.1 Å². The summed E-state index contributed by atoms with van der Waals surface area (Å²) >= 11 is 0. The van der Waals surface area contributed by atoms with Gasteiger partial charge in [0, 0.05) is 11.6 Å². The van der Waals surface area contributed by atoms with Crippen molar-refractivity contribution in [3.8, 4) is 11.5 Å². The van der Waals surface area contributed by atoms with E-state index in [4.69, 9.17) is 9.47 Å². The summed E-state index contributed by atoms with van der Waals surface area (Å²) < 4.78 is 10.6. The van der Waals surface area contributed by atoms with Crippen LogP contribution in [0.2, 0.25) is 0 Å². The smallest absolute Gasteiger partial charge is 0.231 e. The van der Waals surface area contributed by atoms with Crippen molar-refractivity contribution in [2.45, 2.75) is 31.7 Å². The van der Waals surface area contributed by atoms with Crippen molar-refractivity contribution in [1.82, 2.24) is 4.90 Å². The molecule has 1 fully saturated rings. The number of benzene rings is 1. The number of Topliss-reactive ketones (excluding diaryl/α,β-unsaturated/α-hetero) is 1. The molecule has 2 aliphatic rings. The molecule has 0 aromatic heterocycles. The van der Waals surface area contributed by atoms with E-state index in [-0.39, 0.29) is 12.6 Å². The van der Waals surface area contributed by atoms with Gasteiger partial charge < -0.3 is 9.47 Å². The van der Waals surface area contributed by atoms with E-state index < -0.39 is 0 Å². The summed E-state index contributed by atoms with van der Waals surface area (Å²) in [6, 6.07) is 5.98. The van der Waals surface area contributed by atoms with Gasteiger partial charge in [-0.15, -0.1) is 0 Å². The van der Waals surface area contributed by atoms with Gasteiger partial charge in [-0.25, -0.2) is 0 Å². The zero-order valence-electron chi connectivity index (χ0n) is 11.2.